The minimum absolute atomic E-state index is 0.158. The van der Waals surface area contributed by atoms with Crippen LogP contribution in [0.25, 0.3) is 19.8 Å². The maximum atomic E-state index is 11.3. The van der Waals surface area contributed by atoms with E-state index in [1.54, 1.807) is 17.4 Å². The number of hydrogen-bond acceptors (Lipinski definition) is 8. The van der Waals surface area contributed by atoms with Crippen molar-refractivity contribution in [3.63, 3.8) is 0 Å². The van der Waals surface area contributed by atoms with Crippen molar-refractivity contribution < 1.29 is 23.8 Å². The van der Waals surface area contributed by atoms with E-state index in [0.29, 0.717) is 11.6 Å². The molecule has 31 heavy (non-hydrogen) atoms. The number of primary amides is 2. The molecule has 0 atom stereocenters. The number of thiophene rings is 2. The summed E-state index contributed by atoms with van der Waals surface area (Å²) in [4.78, 5) is 26.5. The Morgan fingerprint density at radius 3 is 2.61 bits per heavy atom. The van der Waals surface area contributed by atoms with Gasteiger partial charge in [0.05, 0.1) is 18.1 Å². The SMILES string of the molecule is NC(=O)Nc1sc(-c2cc3c(OCCN4CCOCC4)cccc3s2)cc1OC(N)=O. The maximum Gasteiger partial charge on any atom is 0.410 e. The van der Waals surface area contributed by atoms with E-state index in [1.165, 1.54) is 11.3 Å². The number of fused-ring (bicyclic) bond motifs is 1. The first-order chi connectivity index (χ1) is 15.0. The summed E-state index contributed by atoms with van der Waals surface area (Å²) >= 11 is 2.82. The number of ether oxygens (including phenoxy) is 3. The van der Waals surface area contributed by atoms with E-state index in [-0.39, 0.29) is 5.75 Å². The molecule has 2 aromatic heterocycles. The lowest BCUT2D eigenvalue weighted by atomic mass is 10.2. The molecule has 0 spiro atoms. The Hall–Kier alpha value is -2.86. The first kappa shape index (κ1) is 21.4. The molecule has 3 amide bonds. The van der Waals surface area contributed by atoms with Crippen LogP contribution >= 0.6 is 22.7 Å². The van der Waals surface area contributed by atoms with Crippen LogP contribution in [0.3, 0.4) is 0 Å². The Morgan fingerprint density at radius 2 is 1.87 bits per heavy atom. The molecule has 1 saturated heterocycles. The van der Waals surface area contributed by atoms with Gasteiger partial charge in [-0.1, -0.05) is 6.07 Å². The fourth-order valence-corrected chi connectivity index (χ4v) is 5.41. The number of carbonyl (C=O) groups is 2. The predicted octanol–water partition coefficient (Wildman–Crippen LogP) is 3.29. The van der Waals surface area contributed by atoms with E-state index in [1.807, 2.05) is 24.3 Å². The highest BCUT2D eigenvalue weighted by atomic mass is 32.1. The Balaban J connectivity index is 1.55. The van der Waals surface area contributed by atoms with Gasteiger partial charge in [-0.15, -0.1) is 22.7 Å². The number of anilines is 1. The lowest BCUT2D eigenvalue weighted by Gasteiger charge is -2.26. The van der Waals surface area contributed by atoms with Gasteiger partial charge in [0.2, 0.25) is 0 Å². The van der Waals surface area contributed by atoms with Crippen LogP contribution in [-0.4, -0.2) is 56.5 Å². The number of nitrogens with one attached hydrogen (secondary N) is 1. The lowest BCUT2D eigenvalue weighted by Crippen LogP contribution is -2.38. The minimum atomic E-state index is -0.968. The first-order valence-electron chi connectivity index (χ1n) is 9.63. The lowest BCUT2D eigenvalue weighted by molar-refractivity contribution is 0.0323. The zero-order valence-corrected chi connectivity index (χ0v) is 18.2. The number of amides is 3. The van der Waals surface area contributed by atoms with E-state index < -0.39 is 12.1 Å². The van der Waals surface area contributed by atoms with Crippen molar-refractivity contribution in [2.24, 2.45) is 11.5 Å². The summed E-state index contributed by atoms with van der Waals surface area (Å²) in [6, 6.07) is 8.87. The fourth-order valence-electron chi connectivity index (χ4n) is 3.27. The summed E-state index contributed by atoms with van der Waals surface area (Å²) in [6.07, 6.45) is -0.968. The van der Waals surface area contributed by atoms with Crippen molar-refractivity contribution in [3.05, 3.63) is 30.3 Å². The van der Waals surface area contributed by atoms with Crippen molar-refractivity contribution in [1.29, 1.82) is 0 Å². The molecule has 9 nitrogen and oxygen atoms in total. The number of morpholine rings is 1. The van der Waals surface area contributed by atoms with Gasteiger partial charge in [0, 0.05) is 40.7 Å². The number of nitrogens with zero attached hydrogens (tertiary/aromatic N) is 1. The van der Waals surface area contributed by atoms with E-state index in [0.717, 1.165) is 58.4 Å². The number of carbonyl (C=O) groups excluding carboxylic acids is 2. The van der Waals surface area contributed by atoms with Crippen LogP contribution in [0.4, 0.5) is 14.6 Å². The molecule has 4 rings (SSSR count). The van der Waals surface area contributed by atoms with Crippen LogP contribution in [0.2, 0.25) is 0 Å². The van der Waals surface area contributed by atoms with Crippen LogP contribution in [0.1, 0.15) is 0 Å². The molecule has 5 N–H and O–H groups in total. The molecule has 0 saturated carbocycles. The first-order valence-corrected chi connectivity index (χ1v) is 11.3. The smallest absolute Gasteiger partial charge is 0.410 e. The number of rotatable bonds is 7. The number of benzene rings is 1. The normalized spacial score (nSPS) is 14.5. The summed E-state index contributed by atoms with van der Waals surface area (Å²) < 4.78 is 17.5. The molecule has 1 aliphatic heterocycles. The second-order valence-corrected chi connectivity index (χ2v) is 8.93. The van der Waals surface area contributed by atoms with Gasteiger partial charge in [0.1, 0.15) is 17.4 Å². The van der Waals surface area contributed by atoms with Gasteiger partial charge in [-0.25, -0.2) is 9.59 Å². The molecule has 1 aromatic carbocycles. The van der Waals surface area contributed by atoms with E-state index in [4.69, 9.17) is 25.7 Å². The predicted molar refractivity (Wildman–Crippen MR) is 121 cm³/mol. The molecule has 0 aliphatic carbocycles. The van der Waals surface area contributed by atoms with Crippen LogP contribution in [-0.2, 0) is 4.74 Å². The van der Waals surface area contributed by atoms with Gasteiger partial charge in [-0.05, 0) is 18.2 Å². The molecule has 3 heterocycles. The van der Waals surface area contributed by atoms with E-state index in [2.05, 4.69) is 10.2 Å². The molecule has 3 aromatic rings. The van der Waals surface area contributed by atoms with Gasteiger partial charge < -0.3 is 25.7 Å². The highest BCUT2D eigenvalue weighted by molar-refractivity contribution is 7.27. The third-order valence-corrected chi connectivity index (χ3v) is 7.01. The van der Waals surface area contributed by atoms with Gasteiger partial charge in [0.25, 0.3) is 0 Å². The highest BCUT2D eigenvalue weighted by Gasteiger charge is 2.18. The number of nitrogens with two attached hydrogens (primary N) is 2. The Bertz CT molecular complexity index is 1060. The zero-order valence-electron chi connectivity index (χ0n) is 16.6. The Kier molecular flexibility index (Phi) is 6.56. The zero-order chi connectivity index (χ0) is 21.8. The molecule has 1 aliphatic rings. The van der Waals surface area contributed by atoms with Crippen LogP contribution < -0.4 is 26.3 Å². The van der Waals surface area contributed by atoms with Gasteiger partial charge in [-0.2, -0.15) is 0 Å². The van der Waals surface area contributed by atoms with Gasteiger partial charge in [0.15, 0.2) is 5.75 Å². The second kappa shape index (κ2) is 9.52. The molecule has 11 heteroatoms. The summed E-state index contributed by atoms with van der Waals surface area (Å²) in [5.74, 6) is 0.972. The van der Waals surface area contributed by atoms with Crippen molar-refractivity contribution in [2.45, 2.75) is 0 Å². The average molecular weight is 463 g/mol. The summed E-state index contributed by atoms with van der Waals surface area (Å²) in [6.45, 7) is 4.80. The van der Waals surface area contributed by atoms with Crippen molar-refractivity contribution in [1.82, 2.24) is 4.90 Å². The summed E-state index contributed by atoms with van der Waals surface area (Å²) in [5, 5.41) is 3.78. The molecule has 164 valence electrons. The molecule has 0 bridgehead atoms. The third kappa shape index (κ3) is 5.25. The van der Waals surface area contributed by atoms with Crippen LogP contribution in [0.15, 0.2) is 30.3 Å². The monoisotopic (exact) mass is 462 g/mol. The molecular formula is C20H22N4O5S2. The Labute approximate surface area is 186 Å². The highest BCUT2D eigenvalue weighted by Crippen LogP contribution is 2.45. The molecule has 0 radical (unpaired) electrons. The second-order valence-electron chi connectivity index (χ2n) is 6.80. The number of hydrogen-bond donors (Lipinski definition) is 3. The van der Waals surface area contributed by atoms with Crippen LogP contribution in [0, 0.1) is 0 Å². The minimum Gasteiger partial charge on any atom is -0.492 e. The van der Waals surface area contributed by atoms with Gasteiger partial charge in [-0.3, -0.25) is 10.2 Å². The van der Waals surface area contributed by atoms with Gasteiger partial charge >= 0.3 is 12.1 Å². The fraction of sp³-hybridized carbons (Fsp3) is 0.300. The quantitative estimate of drug-likeness (QED) is 0.494. The summed E-state index contributed by atoms with van der Waals surface area (Å²) in [5.41, 5.74) is 10.3. The van der Waals surface area contributed by atoms with Crippen molar-refractivity contribution in [2.75, 3.05) is 44.8 Å². The third-order valence-electron chi connectivity index (χ3n) is 4.68. The molecule has 0 unspecified atom stereocenters. The maximum absolute atomic E-state index is 11.3. The van der Waals surface area contributed by atoms with Crippen molar-refractivity contribution >= 4 is 49.9 Å². The standard InChI is InChI=1S/C20H22N4O5S2/c21-19(25)23-18-14(29-20(22)26)11-17(31-18)16-10-12-13(2-1-3-15(12)30-16)28-9-6-24-4-7-27-8-5-24/h1-3,10-11H,4-9H2,(H2,22,26)(H3,21,23,25). The van der Waals surface area contributed by atoms with Crippen LogP contribution in [0.5, 0.6) is 11.5 Å². The number of urea groups is 1. The van der Waals surface area contributed by atoms with E-state index in [9.17, 15) is 9.59 Å². The average Bonchev–Trinajstić information content (AvgIpc) is 3.33. The Morgan fingerprint density at radius 1 is 1.10 bits per heavy atom. The molecule has 1 fully saturated rings. The summed E-state index contributed by atoms with van der Waals surface area (Å²) in [7, 11) is 0. The largest absolute Gasteiger partial charge is 0.492 e. The van der Waals surface area contributed by atoms with E-state index >= 15 is 0 Å². The van der Waals surface area contributed by atoms with Crippen molar-refractivity contribution in [3.8, 4) is 21.3 Å². The molecular weight excluding hydrogens is 440 g/mol. The topological polar surface area (TPSA) is 129 Å².